The van der Waals surface area contributed by atoms with Crippen LogP contribution >= 0.6 is 0 Å². The Morgan fingerprint density at radius 3 is 2.25 bits per heavy atom. The largest absolute Gasteiger partial charge is 0.236 e. The Hall–Kier alpha value is -2.22. The summed E-state index contributed by atoms with van der Waals surface area (Å²) >= 11 is 0. The van der Waals surface area contributed by atoms with Gasteiger partial charge in [-0.25, -0.2) is 9.97 Å². The van der Waals surface area contributed by atoms with E-state index in [0.29, 0.717) is 0 Å². The third kappa shape index (κ3) is 2.06. The van der Waals surface area contributed by atoms with Crippen LogP contribution in [0.5, 0.6) is 0 Å². The highest BCUT2D eigenvalue weighted by Crippen LogP contribution is 2.16. The summed E-state index contributed by atoms with van der Waals surface area (Å²) in [7, 11) is 0. The summed E-state index contributed by atoms with van der Waals surface area (Å²) in [6, 6.07) is 9.87. The Balaban J connectivity index is 2.33. The Labute approximate surface area is 95.0 Å². The highest BCUT2D eigenvalue weighted by molar-refractivity contribution is 5.70. The number of hydrogen-bond acceptors (Lipinski definition) is 2. The van der Waals surface area contributed by atoms with Gasteiger partial charge >= 0.3 is 0 Å². The molecule has 0 aliphatic rings. The Kier molecular flexibility index (Phi) is 2.92. The molecule has 2 heteroatoms. The van der Waals surface area contributed by atoms with Crippen molar-refractivity contribution in [3.8, 4) is 11.4 Å². The lowest BCUT2D eigenvalue weighted by atomic mass is 10.1. The fourth-order valence-electron chi connectivity index (χ4n) is 1.35. The van der Waals surface area contributed by atoms with Crippen LogP contribution < -0.4 is 0 Å². The van der Waals surface area contributed by atoms with Gasteiger partial charge in [-0.05, 0) is 5.57 Å². The van der Waals surface area contributed by atoms with Crippen LogP contribution in [0.4, 0.5) is 0 Å². The minimum Gasteiger partial charge on any atom is -0.236 e. The van der Waals surface area contributed by atoms with Crippen LogP contribution in [0.3, 0.4) is 0 Å². The van der Waals surface area contributed by atoms with E-state index in [1.807, 2.05) is 30.3 Å². The fraction of sp³-hybridized carbons (Fsp3) is 0. The van der Waals surface area contributed by atoms with Gasteiger partial charge in [0, 0.05) is 23.5 Å². The molecule has 0 saturated carbocycles. The number of allylic oxidation sites excluding steroid dienone is 2. The lowest BCUT2D eigenvalue weighted by Crippen LogP contribution is -1.90. The minimum atomic E-state index is 0.723. The number of nitrogens with zero attached hydrogens (tertiary/aromatic N) is 2. The quantitative estimate of drug-likeness (QED) is 0.723. The molecular weight excluding hydrogens is 196 g/mol. The van der Waals surface area contributed by atoms with Crippen molar-refractivity contribution in [1.82, 2.24) is 9.97 Å². The third-order valence-corrected chi connectivity index (χ3v) is 2.30. The first kappa shape index (κ1) is 10.3. The summed E-state index contributed by atoms with van der Waals surface area (Å²) < 4.78 is 0. The van der Waals surface area contributed by atoms with E-state index in [9.17, 15) is 0 Å². The molecule has 0 unspecified atom stereocenters. The molecule has 0 bridgehead atoms. The molecule has 0 aliphatic carbocycles. The van der Waals surface area contributed by atoms with Crippen LogP contribution in [-0.2, 0) is 0 Å². The summed E-state index contributed by atoms with van der Waals surface area (Å²) in [4.78, 5) is 8.60. The van der Waals surface area contributed by atoms with Crippen LogP contribution in [-0.4, -0.2) is 9.97 Å². The van der Waals surface area contributed by atoms with Crippen molar-refractivity contribution in [2.45, 2.75) is 0 Å². The van der Waals surface area contributed by atoms with Crippen LogP contribution in [0.1, 0.15) is 5.56 Å². The molecule has 2 rings (SSSR count). The molecule has 1 aromatic heterocycles. The molecule has 0 atom stereocenters. The van der Waals surface area contributed by atoms with E-state index < -0.39 is 0 Å². The van der Waals surface area contributed by atoms with Crippen molar-refractivity contribution >= 4 is 5.57 Å². The highest BCUT2D eigenvalue weighted by atomic mass is 14.9. The van der Waals surface area contributed by atoms with Crippen molar-refractivity contribution in [2.24, 2.45) is 0 Å². The van der Waals surface area contributed by atoms with Gasteiger partial charge in [-0.3, -0.25) is 0 Å². The van der Waals surface area contributed by atoms with Gasteiger partial charge in [-0.1, -0.05) is 49.6 Å². The summed E-state index contributed by atoms with van der Waals surface area (Å²) in [5, 5.41) is 0. The lowest BCUT2D eigenvalue weighted by molar-refractivity contribution is 1.16. The molecule has 1 aromatic carbocycles. The van der Waals surface area contributed by atoms with Crippen LogP contribution in [0.25, 0.3) is 17.0 Å². The van der Waals surface area contributed by atoms with Crippen molar-refractivity contribution in [2.75, 3.05) is 0 Å². The molecule has 0 N–H and O–H groups in total. The first-order valence-electron chi connectivity index (χ1n) is 5.00. The average Bonchev–Trinajstić information content (AvgIpc) is 2.39. The van der Waals surface area contributed by atoms with Crippen molar-refractivity contribution in [3.05, 3.63) is 67.5 Å². The van der Waals surface area contributed by atoms with Gasteiger partial charge < -0.3 is 0 Å². The molecule has 0 amide bonds. The maximum atomic E-state index is 4.30. The molecule has 1 heterocycles. The lowest BCUT2D eigenvalue weighted by Gasteiger charge is -2.02. The molecule has 2 aromatic rings. The third-order valence-electron chi connectivity index (χ3n) is 2.30. The van der Waals surface area contributed by atoms with Gasteiger partial charge in [0.25, 0.3) is 0 Å². The molecule has 78 valence electrons. The van der Waals surface area contributed by atoms with Crippen LogP contribution in [0.15, 0.2) is 62.0 Å². The molecule has 0 spiro atoms. The first-order valence-corrected chi connectivity index (χ1v) is 5.00. The van der Waals surface area contributed by atoms with Crippen LogP contribution in [0, 0.1) is 0 Å². The molecule has 0 saturated heterocycles. The Morgan fingerprint density at radius 1 is 1.06 bits per heavy atom. The normalized spacial score (nSPS) is 9.75. The molecule has 16 heavy (non-hydrogen) atoms. The zero-order valence-corrected chi connectivity index (χ0v) is 8.93. The van der Waals surface area contributed by atoms with Gasteiger partial charge in [0.2, 0.25) is 0 Å². The van der Waals surface area contributed by atoms with Crippen molar-refractivity contribution < 1.29 is 0 Å². The topological polar surface area (TPSA) is 25.8 Å². The van der Waals surface area contributed by atoms with E-state index in [0.717, 1.165) is 22.5 Å². The predicted molar refractivity (Wildman–Crippen MR) is 66.7 cm³/mol. The molecular formula is C14H12N2. The molecule has 0 aliphatic heterocycles. The summed E-state index contributed by atoms with van der Waals surface area (Å²) in [5.74, 6) is 0.723. The second kappa shape index (κ2) is 4.53. The monoisotopic (exact) mass is 208 g/mol. The number of hydrogen-bond donors (Lipinski definition) is 0. The summed E-state index contributed by atoms with van der Waals surface area (Å²) in [5.41, 5.74) is 2.74. The first-order chi connectivity index (χ1) is 7.81. The second-order valence-electron chi connectivity index (χ2n) is 3.39. The number of aromatic nitrogens is 2. The van der Waals surface area contributed by atoms with E-state index in [-0.39, 0.29) is 0 Å². The Bertz CT molecular complexity index is 498. The van der Waals surface area contributed by atoms with E-state index in [4.69, 9.17) is 0 Å². The fourth-order valence-corrected chi connectivity index (χ4v) is 1.35. The van der Waals surface area contributed by atoms with Crippen LogP contribution in [0.2, 0.25) is 0 Å². The van der Waals surface area contributed by atoms with E-state index in [2.05, 4.69) is 23.1 Å². The summed E-state index contributed by atoms with van der Waals surface area (Å²) in [6.45, 7) is 7.51. The van der Waals surface area contributed by atoms with Gasteiger partial charge in [0.15, 0.2) is 5.82 Å². The SMILES string of the molecule is C=CC(=C)c1cnc(-c2ccccc2)nc1. The van der Waals surface area contributed by atoms with Crippen molar-refractivity contribution in [3.63, 3.8) is 0 Å². The van der Waals surface area contributed by atoms with E-state index >= 15 is 0 Å². The number of benzene rings is 1. The van der Waals surface area contributed by atoms with E-state index in [1.165, 1.54) is 0 Å². The van der Waals surface area contributed by atoms with E-state index in [1.54, 1.807) is 18.5 Å². The average molecular weight is 208 g/mol. The Morgan fingerprint density at radius 2 is 1.69 bits per heavy atom. The van der Waals surface area contributed by atoms with Crippen molar-refractivity contribution in [1.29, 1.82) is 0 Å². The zero-order chi connectivity index (χ0) is 11.4. The van der Waals surface area contributed by atoms with Gasteiger partial charge in [0.05, 0.1) is 0 Å². The molecule has 0 radical (unpaired) electrons. The maximum absolute atomic E-state index is 4.30. The summed E-state index contributed by atoms with van der Waals surface area (Å²) in [6.07, 6.45) is 5.22. The molecule has 0 fully saturated rings. The highest BCUT2D eigenvalue weighted by Gasteiger charge is 2.00. The van der Waals surface area contributed by atoms with Gasteiger partial charge in [-0.15, -0.1) is 0 Å². The molecule has 2 nitrogen and oxygen atoms in total. The minimum absolute atomic E-state index is 0.723. The standard InChI is InChI=1S/C14H12N2/c1-3-11(2)13-9-15-14(16-10-13)12-7-5-4-6-8-12/h3-10H,1-2H2. The maximum Gasteiger partial charge on any atom is 0.159 e. The zero-order valence-electron chi connectivity index (χ0n) is 8.93. The number of rotatable bonds is 3. The second-order valence-corrected chi connectivity index (χ2v) is 3.39. The van der Waals surface area contributed by atoms with Gasteiger partial charge in [0.1, 0.15) is 0 Å². The van der Waals surface area contributed by atoms with Gasteiger partial charge in [-0.2, -0.15) is 0 Å². The smallest absolute Gasteiger partial charge is 0.159 e. The predicted octanol–water partition coefficient (Wildman–Crippen LogP) is 3.34.